The minimum absolute atomic E-state index is 0.0848. The highest BCUT2D eigenvalue weighted by atomic mass is 35.5. The van der Waals surface area contributed by atoms with Gasteiger partial charge in [-0.25, -0.2) is 0 Å². The molecule has 1 fully saturated rings. The predicted molar refractivity (Wildman–Crippen MR) is 70.1 cm³/mol. The highest BCUT2D eigenvalue weighted by Crippen LogP contribution is 2.38. The fraction of sp³-hybridized carbons (Fsp3) is 0.308. The van der Waals surface area contributed by atoms with Crippen LogP contribution in [0.4, 0.5) is 5.69 Å². The van der Waals surface area contributed by atoms with Gasteiger partial charge in [0.2, 0.25) is 11.8 Å². The molecule has 3 rings (SSSR count). The Morgan fingerprint density at radius 1 is 1.42 bits per heavy atom. The second-order valence-electron chi connectivity index (χ2n) is 4.53. The zero-order valence-corrected chi connectivity index (χ0v) is 10.9. The molecule has 1 aromatic heterocycles. The number of para-hydroxylation sites is 1. The molecule has 1 amide bonds. The van der Waals surface area contributed by atoms with E-state index in [-0.39, 0.29) is 12.3 Å². The average molecular weight is 278 g/mol. The number of hydrogen-bond acceptors (Lipinski definition) is 4. The van der Waals surface area contributed by atoms with E-state index in [1.807, 2.05) is 0 Å². The number of nitrogens with zero attached hydrogens (tertiary/aromatic N) is 2. The van der Waals surface area contributed by atoms with Crippen molar-refractivity contribution in [1.82, 2.24) is 10.1 Å². The monoisotopic (exact) mass is 277 g/mol. The minimum atomic E-state index is -0.212. The van der Waals surface area contributed by atoms with Crippen LogP contribution in [0.15, 0.2) is 28.8 Å². The fourth-order valence-electron chi connectivity index (χ4n) is 1.74. The van der Waals surface area contributed by atoms with Gasteiger partial charge in [0.1, 0.15) is 0 Å². The summed E-state index contributed by atoms with van der Waals surface area (Å²) in [5.41, 5.74) is 0.583. The molecule has 6 heteroatoms. The molecule has 1 aromatic carbocycles. The second kappa shape index (κ2) is 5.01. The third-order valence-electron chi connectivity index (χ3n) is 2.88. The number of anilines is 1. The summed E-state index contributed by atoms with van der Waals surface area (Å²) in [6, 6.07) is 7.07. The molecule has 98 valence electrons. The lowest BCUT2D eigenvalue weighted by molar-refractivity contribution is -0.115. The van der Waals surface area contributed by atoms with Crippen LogP contribution in [-0.2, 0) is 11.2 Å². The molecule has 0 saturated heterocycles. The van der Waals surface area contributed by atoms with Crippen molar-refractivity contribution in [3.63, 3.8) is 0 Å². The van der Waals surface area contributed by atoms with E-state index in [2.05, 4.69) is 15.5 Å². The summed E-state index contributed by atoms with van der Waals surface area (Å²) < 4.78 is 5.10. The smallest absolute Gasteiger partial charge is 0.232 e. The molecule has 0 unspecified atom stereocenters. The lowest BCUT2D eigenvalue weighted by Crippen LogP contribution is -2.15. The first kappa shape index (κ1) is 12.2. The molecule has 1 N–H and O–H groups in total. The molecule has 1 saturated carbocycles. The third-order valence-corrected chi connectivity index (χ3v) is 3.21. The van der Waals surface area contributed by atoms with Gasteiger partial charge in [0.15, 0.2) is 5.82 Å². The second-order valence-corrected chi connectivity index (χ2v) is 4.94. The first-order chi connectivity index (χ1) is 9.22. The molecule has 19 heavy (non-hydrogen) atoms. The number of nitrogens with one attached hydrogen (secondary N) is 1. The molecule has 1 aliphatic carbocycles. The molecular formula is C13H12ClN3O2. The van der Waals surface area contributed by atoms with Crippen LogP contribution in [0.5, 0.6) is 0 Å². The Morgan fingerprint density at radius 3 is 2.95 bits per heavy atom. The molecule has 2 aromatic rings. The number of carbonyl (C=O) groups excluding carboxylic acids is 1. The normalized spacial score (nSPS) is 14.4. The lowest BCUT2D eigenvalue weighted by atomic mass is 10.3. The Hall–Kier alpha value is -1.88. The maximum absolute atomic E-state index is 11.8. The molecule has 0 bridgehead atoms. The summed E-state index contributed by atoms with van der Waals surface area (Å²) in [6.45, 7) is 0. The maximum atomic E-state index is 11.8. The summed E-state index contributed by atoms with van der Waals surface area (Å²) in [7, 11) is 0. The molecule has 1 aliphatic rings. The van der Waals surface area contributed by atoms with Crippen LogP contribution < -0.4 is 5.32 Å². The van der Waals surface area contributed by atoms with E-state index < -0.39 is 0 Å². The van der Waals surface area contributed by atoms with Gasteiger partial charge in [-0.3, -0.25) is 4.79 Å². The highest BCUT2D eigenvalue weighted by Gasteiger charge is 2.29. The van der Waals surface area contributed by atoms with Gasteiger partial charge >= 0.3 is 0 Å². The Kier molecular flexibility index (Phi) is 3.21. The van der Waals surface area contributed by atoms with Gasteiger partial charge < -0.3 is 9.84 Å². The largest absolute Gasteiger partial charge is 0.339 e. The van der Waals surface area contributed by atoms with Crippen molar-refractivity contribution in [3.05, 3.63) is 41.0 Å². The summed E-state index contributed by atoms with van der Waals surface area (Å²) >= 11 is 5.96. The van der Waals surface area contributed by atoms with Crippen LogP contribution in [0, 0.1) is 0 Å². The maximum Gasteiger partial charge on any atom is 0.232 e. The standard InChI is InChI=1S/C13H12ClN3O2/c14-9-3-1-2-4-10(9)15-12(18)7-11-16-13(19-17-11)8-5-6-8/h1-4,8H,5-7H2,(H,15,18). The quantitative estimate of drug-likeness (QED) is 0.933. The van der Waals surface area contributed by atoms with Gasteiger partial charge in [-0.05, 0) is 25.0 Å². The molecule has 0 radical (unpaired) electrons. The van der Waals surface area contributed by atoms with Crippen molar-refractivity contribution < 1.29 is 9.32 Å². The highest BCUT2D eigenvalue weighted by molar-refractivity contribution is 6.33. The van der Waals surface area contributed by atoms with Crippen molar-refractivity contribution in [2.45, 2.75) is 25.2 Å². The van der Waals surface area contributed by atoms with Gasteiger partial charge in [-0.1, -0.05) is 28.9 Å². The van der Waals surface area contributed by atoms with Crippen LogP contribution in [0.25, 0.3) is 0 Å². The first-order valence-corrected chi connectivity index (χ1v) is 6.47. The molecule has 0 atom stereocenters. The zero-order chi connectivity index (χ0) is 13.2. The molecule has 1 heterocycles. The number of rotatable bonds is 4. The van der Waals surface area contributed by atoms with Crippen molar-refractivity contribution in [3.8, 4) is 0 Å². The van der Waals surface area contributed by atoms with Crippen LogP contribution in [0.2, 0.25) is 5.02 Å². The Labute approximate surface area is 115 Å². The van der Waals surface area contributed by atoms with Crippen LogP contribution in [-0.4, -0.2) is 16.0 Å². The topological polar surface area (TPSA) is 68.0 Å². The van der Waals surface area contributed by atoms with E-state index in [0.29, 0.717) is 28.3 Å². The number of carbonyl (C=O) groups is 1. The predicted octanol–water partition coefficient (Wildman–Crippen LogP) is 2.78. The molecule has 0 aliphatic heterocycles. The SMILES string of the molecule is O=C(Cc1noc(C2CC2)n1)Nc1ccccc1Cl. The van der Waals surface area contributed by atoms with Gasteiger partial charge in [-0.2, -0.15) is 4.98 Å². The van der Waals surface area contributed by atoms with Gasteiger partial charge in [-0.15, -0.1) is 0 Å². The molecule has 0 spiro atoms. The van der Waals surface area contributed by atoms with Crippen LogP contribution in [0.1, 0.15) is 30.5 Å². The fourth-order valence-corrected chi connectivity index (χ4v) is 1.92. The van der Waals surface area contributed by atoms with Gasteiger partial charge in [0, 0.05) is 5.92 Å². The van der Waals surface area contributed by atoms with Gasteiger partial charge in [0.05, 0.1) is 17.1 Å². The van der Waals surface area contributed by atoms with E-state index in [0.717, 1.165) is 12.8 Å². The Balaban J connectivity index is 1.62. The number of benzene rings is 1. The number of halogens is 1. The van der Waals surface area contributed by atoms with E-state index >= 15 is 0 Å². The molecular weight excluding hydrogens is 266 g/mol. The minimum Gasteiger partial charge on any atom is -0.339 e. The average Bonchev–Trinajstić information content (AvgIpc) is 3.14. The van der Waals surface area contributed by atoms with E-state index in [9.17, 15) is 4.79 Å². The summed E-state index contributed by atoms with van der Waals surface area (Å²) in [6.07, 6.45) is 2.27. The molecule has 5 nitrogen and oxygen atoms in total. The summed E-state index contributed by atoms with van der Waals surface area (Å²) in [5.74, 6) is 1.23. The van der Waals surface area contributed by atoms with E-state index in [1.54, 1.807) is 24.3 Å². The number of amides is 1. The Bertz CT molecular complexity index is 607. The number of hydrogen-bond donors (Lipinski definition) is 1. The van der Waals surface area contributed by atoms with Gasteiger partial charge in [0.25, 0.3) is 0 Å². The van der Waals surface area contributed by atoms with E-state index in [4.69, 9.17) is 16.1 Å². The Morgan fingerprint density at radius 2 is 2.21 bits per heavy atom. The van der Waals surface area contributed by atoms with Crippen molar-refractivity contribution in [2.24, 2.45) is 0 Å². The van der Waals surface area contributed by atoms with Crippen LogP contribution in [0.3, 0.4) is 0 Å². The third kappa shape index (κ3) is 2.93. The summed E-state index contributed by atoms with van der Waals surface area (Å²) in [5, 5.41) is 7.02. The lowest BCUT2D eigenvalue weighted by Gasteiger charge is -2.04. The van der Waals surface area contributed by atoms with Crippen molar-refractivity contribution in [1.29, 1.82) is 0 Å². The van der Waals surface area contributed by atoms with E-state index in [1.165, 1.54) is 0 Å². The summed E-state index contributed by atoms with van der Waals surface area (Å²) in [4.78, 5) is 16.0. The zero-order valence-electron chi connectivity index (χ0n) is 10.1. The van der Waals surface area contributed by atoms with Crippen molar-refractivity contribution in [2.75, 3.05) is 5.32 Å². The van der Waals surface area contributed by atoms with Crippen molar-refractivity contribution >= 4 is 23.2 Å². The van der Waals surface area contributed by atoms with Crippen LogP contribution >= 0.6 is 11.6 Å². The number of aromatic nitrogens is 2. The first-order valence-electron chi connectivity index (χ1n) is 6.09.